The molecule has 154 valence electrons. The maximum atomic E-state index is 13.1. The van der Waals surface area contributed by atoms with E-state index in [1.807, 2.05) is 0 Å². The highest BCUT2D eigenvalue weighted by Gasteiger charge is 2.46. The Hall–Kier alpha value is -1.85. The Morgan fingerprint density at radius 3 is 2.55 bits per heavy atom. The van der Waals surface area contributed by atoms with Gasteiger partial charge >= 0.3 is 6.18 Å². The van der Waals surface area contributed by atoms with Crippen LogP contribution in [0.3, 0.4) is 0 Å². The fourth-order valence-corrected chi connectivity index (χ4v) is 4.81. The number of hydrogen-bond donors (Lipinski definition) is 1. The number of alkyl halides is 3. The van der Waals surface area contributed by atoms with E-state index in [4.69, 9.17) is 0 Å². The van der Waals surface area contributed by atoms with Crippen LogP contribution in [0, 0.1) is 5.41 Å². The van der Waals surface area contributed by atoms with E-state index in [1.54, 1.807) is 6.07 Å². The number of fused-ring (bicyclic) bond motifs is 1. The molecule has 2 unspecified atom stereocenters. The van der Waals surface area contributed by atoms with Gasteiger partial charge in [0.2, 0.25) is 0 Å². The van der Waals surface area contributed by atoms with E-state index in [2.05, 4.69) is 40.5 Å². The first-order valence-electron chi connectivity index (χ1n) is 10.6. The fourth-order valence-electron chi connectivity index (χ4n) is 4.81. The van der Waals surface area contributed by atoms with Gasteiger partial charge in [0.25, 0.3) is 0 Å². The van der Waals surface area contributed by atoms with Crippen LogP contribution in [0.25, 0.3) is 0 Å². The molecule has 3 aliphatic rings. The number of halogens is 3. The lowest BCUT2D eigenvalue weighted by Crippen LogP contribution is -2.39. The summed E-state index contributed by atoms with van der Waals surface area (Å²) in [6, 6.07) is 15.5. The Kier molecular flexibility index (Phi) is 4.71. The zero-order valence-corrected chi connectivity index (χ0v) is 16.5. The summed E-state index contributed by atoms with van der Waals surface area (Å²) in [5.41, 5.74) is 3.12. The van der Waals surface area contributed by atoms with Crippen LogP contribution in [0.4, 0.5) is 13.2 Å². The standard InChI is InChI=1S/C24H27F3N2/c25-24(26,27)20-7-6-17-8-11-29(14-19(17)12-20)16-23(9-10-23)15-28-22-13-21(22)18-4-2-1-3-5-18/h1-7,12,21-22,28H,8-11,13-16H2. The molecule has 2 aromatic rings. The van der Waals surface area contributed by atoms with E-state index in [1.165, 1.54) is 37.0 Å². The highest BCUT2D eigenvalue weighted by atomic mass is 19.4. The Morgan fingerprint density at radius 2 is 1.83 bits per heavy atom. The lowest BCUT2D eigenvalue weighted by molar-refractivity contribution is -0.137. The predicted molar refractivity (Wildman–Crippen MR) is 108 cm³/mol. The highest BCUT2D eigenvalue weighted by Crippen LogP contribution is 2.48. The van der Waals surface area contributed by atoms with E-state index < -0.39 is 11.7 Å². The molecule has 1 aliphatic heterocycles. The van der Waals surface area contributed by atoms with Gasteiger partial charge in [0.05, 0.1) is 5.56 Å². The number of hydrogen-bond acceptors (Lipinski definition) is 2. The summed E-state index contributed by atoms with van der Waals surface area (Å²) in [4.78, 5) is 2.36. The van der Waals surface area contributed by atoms with Crippen LogP contribution < -0.4 is 5.32 Å². The van der Waals surface area contributed by atoms with Gasteiger partial charge < -0.3 is 5.32 Å². The third-order valence-electron chi connectivity index (χ3n) is 6.90. The highest BCUT2D eigenvalue weighted by molar-refractivity contribution is 5.35. The molecule has 2 saturated carbocycles. The largest absolute Gasteiger partial charge is 0.416 e. The van der Waals surface area contributed by atoms with Crippen molar-refractivity contribution in [3.05, 3.63) is 70.8 Å². The van der Waals surface area contributed by atoms with Crippen molar-refractivity contribution in [2.75, 3.05) is 19.6 Å². The molecule has 0 saturated heterocycles. The maximum absolute atomic E-state index is 13.1. The van der Waals surface area contributed by atoms with Crippen LogP contribution >= 0.6 is 0 Å². The summed E-state index contributed by atoms with van der Waals surface area (Å²) in [7, 11) is 0. The van der Waals surface area contributed by atoms with Crippen LogP contribution in [0.1, 0.15) is 47.4 Å². The topological polar surface area (TPSA) is 15.3 Å². The Balaban J connectivity index is 1.16. The average molecular weight is 400 g/mol. The molecular weight excluding hydrogens is 373 g/mol. The Morgan fingerprint density at radius 1 is 1.03 bits per heavy atom. The summed E-state index contributed by atoms with van der Waals surface area (Å²) >= 11 is 0. The summed E-state index contributed by atoms with van der Waals surface area (Å²) < 4.78 is 39.2. The molecule has 1 heterocycles. The molecule has 5 heteroatoms. The summed E-state index contributed by atoms with van der Waals surface area (Å²) in [6.07, 6.45) is 0.217. The van der Waals surface area contributed by atoms with Crippen LogP contribution in [-0.4, -0.2) is 30.6 Å². The molecule has 0 aromatic heterocycles. The lowest BCUT2D eigenvalue weighted by Gasteiger charge is -2.32. The van der Waals surface area contributed by atoms with Crippen molar-refractivity contribution in [2.24, 2.45) is 5.41 Å². The monoisotopic (exact) mass is 400 g/mol. The van der Waals surface area contributed by atoms with Gasteiger partial charge in [-0.25, -0.2) is 0 Å². The second kappa shape index (κ2) is 7.13. The van der Waals surface area contributed by atoms with Gasteiger partial charge in [0, 0.05) is 38.1 Å². The zero-order chi connectivity index (χ0) is 20.1. The molecule has 0 amide bonds. The summed E-state index contributed by atoms with van der Waals surface area (Å²) in [5.74, 6) is 0.634. The molecule has 5 rings (SSSR count). The molecule has 2 fully saturated rings. The second-order valence-corrected chi connectivity index (χ2v) is 9.18. The SMILES string of the molecule is FC(F)(F)c1ccc2c(c1)CN(CC1(CNC3CC3c3ccccc3)CC1)CC2. The van der Waals surface area contributed by atoms with Crippen molar-refractivity contribution in [1.82, 2.24) is 10.2 Å². The van der Waals surface area contributed by atoms with Crippen molar-refractivity contribution >= 4 is 0 Å². The molecule has 1 N–H and O–H groups in total. The molecule has 29 heavy (non-hydrogen) atoms. The van der Waals surface area contributed by atoms with E-state index in [9.17, 15) is 13.2 Å². The van der Waals surface area contributed by atoms with Crippen molar-refractivity contribution in [3.63, 3.8) is 0 Å². The third kappa shape index (κ3) is 4.22. The molecule has 2 aliphatic carbocycles. The fraction of sp³-hybridized carbons (Fsp3) is 0.500. The van der Waals surface area contributed by atoms with Crippen molar-refractivity contribution in [2.45, 2.75) is 50.4 Å². The lowest BCUT2D eigenvalue weighted by atomic mass is 9.95. The first-order valence-corrected chi connectivity index (χ1v) is 10.6. The number of benzene rings is 2. The van der Waals surface area contributed by atoms with E-state index in [-0.39, 0.29) is 0 Å². The number of rotatable bonds is 6. The number of nitrogens with zero attached hydrogens (tertiary/aromatic N) is 1. The maximum Gasteiger partial charge on any atom is 0.416 e. The molecular formula is C24H27F3N2. The Bertz CT molecular complexity index is 873. The smallest absolute Gasteiger partial charge is 0.313 e. The minimum Gasteiger partial charge on any atom is -0.313 e. The first kappa shape index (κ1) is 19.1. The number of nitrogens with one attached hydrogen (secondary N) is 1. The van der Waals surface area contributed by atoms with Crippen LogP contribution in [0.5, 0.6) is 0 Å². The van der Waals surface area contributed by atoms with E-state index in [0.29, 0.717) is 23.9 Å². The first-order chi connectivity index (χ1) is 13.9. The van der Waals surface area contributed by atoms with Crippen molar-refractivity contribution < 1.29 is 13.2 Å². The molecule has 0 radical (unpaired) electrons. The van der Waals surface area contributed by atoms with Gasteiger partial charge in [-0.05, 0) is 59.9 Å². The summed E-state index contributed by atoms with van der Waals surface area (Å²) in [5, 5.41) is 3.77. The van der Waals surface area contributed by atoms with Crippen LogP contribution in [-0.2, 0) is 19.1 Å². The van der Waals surface area contributed by atoms with Gasteiger partial charge in [-0.1, -0.05) is 36.4 Å². The molecule has 0 spiro atoms. The molecule has 2 atom stereocenters. The minimum atomic E-state index is -4.27. The van der Waals surface area contributed by atoms with E-state index >= 15 is 0 Å². The van der Waals surface area contributed by atoms with Gasteiger partial charge in [0.15, 0.2) is 0 Å². The normalized spacial score (nSPS) is 25.5. The minimum absolute atomic E-state index is 0.309. The summed E-state index contributed by atoms with van der Waals surface area (Å²) in [6.45, 7) is 3.58. The van der Waals surface area contributed by atoms with Gasteiger partial charge in [-0.2, -0.15) is 13.2 Å². The van der Waals surface area contributed by atoms with Gasteiger partial charge in [-0.3, -0.25) is 4.90 Å². The average Bonchev–Trinajstić information content (AvgIpc) is 3.62. The van der Waals surface area contributed by atoms with Crippen LogP contribution in [0.15, 0.2) is 48.5 Å². The molecule has 2 nitrogen and oxygen atoms in total. The van der Waals surface area contributed by atoms with Crippen LogP contribution in [0.2, 0.25) is 0 Å². The Labute approximate surface area is 170 Å². The zero-order valence-electron chi connectivity index (χ0n) is 16.5. The molecule has 0 bridgehead atoms. The van der Waals surface area contributed by atoms with Crippen molar-refractivity contribution in [3.8, 4) is 0 Å². The quantitative estimate of drug-likeness (QED) is 0.735. The predicted octanol–water partition coefficient (Wildman–Crippen LogP) is 4.99. The third-order valence-corrected chi connectivity index (χ3v) is 6.90. The van der Waals surface area contributed by atoms with Gasteiger partial charge in [0.1, 0.15) is 0 Å². The van der Waals surface area contributed by atoms with E-state index in [0.717, 1.165) is 37.2 Å². The van der Waals surface area contributed by atoms with Gasteiger partial charge in [-0.15, -0.1) is 0 Å². The van der Waals surface area contributed by atoms with Crippen molar-refractivity contribution in [1.29, 1.82) is 0 Å². The molecule has 2 aromatic carbocycles. The second-order valence-electron chi connectivity index (χ2n) is 9.18.